The average Bonchev–Trinajstić information content (AvgIpc) is 2.76. The molecule has 6 nitrogen and oxygen atoms in total. The number of carbonyl (C=O) groups excluding carboxylic acids is 2. The predicted molar refractivity (Wildman–Crippen MR) is 107 cm³/mol. The van der Waals surface area contributed by atoms with Crippen LogP contribution in [0, 0.1) is 0 Å². The summed E-state index contributed by atoms with van der Waals surface area (Å²) >= 11 is 6.30. The van der Waals surface area contributed by atoms with Gasteiger partial charge < -0.3 is 19.3 Å². The topological polar surface area (TPSA) is 82.1 Å². The van der Waals surface area contributed by atoms with E-state index in [9.17, 15) is 14.7 Å². The van der Waals surface area contributed by atoms with Crippen molar-refractivity contribution in [2.45, 2.75) is 23.2 Å². The van der Waals surface area contributed by atoms with Gasteiger partial charge in [0.05, 0.1) is 16.5 Å². The Kier molecular flexibility index (Phi) is 6.69. The molecule has 1 N–H and O–H groups in total. The molecule has 0 saturated heterocycles. The highest BCUT2D eigenvalue weighted by atomic mass is 35.5. The molecule has 7 heteroatoms. The molecule has 3 rings (SSSR count). The zero-order valence-electron chi connectivity index (χ0n) is 15.7. The molecule has 0 radical (unpaired) electrons. The van der Waals surface area contributed by atoms with Crippen LogP contribution in [0.1, 0.15) is 20.7 Å². The summed E-state index contributed by atoms with van der Waals surface area (Å²) in [7, 11) is 1.36. The van der Waals surface area contributed by atoms with Gasteiger partial charge >= 0.3 is 11.9 Å². The third-order valence-corrected chi connectivity index (χ3v) is 5.21. The monoisotopic (exact) mass is 416 g/mol. The van der Waals surface area contributed by atoms with Crippen LogP contribution in [0.3, 0.4) is 0 Å². The summed E-state index contributed by atoms with van der Waals surface area (Å²) in [6, 6.07) is 16.8. The fraction of sp³-hybridized carbons (Fsp3) is 0.273. The van der Waals surface area contributed by atoms with Crippen molar-refractivity contribution in [3.8, 4) is 0 Å². The van der Waals surface area contributed by atoms with Crippen LogP contribution in [0.2, 0.25) is 0 Å². The Balaban J connectivity index is 1.74. The summed E-state index contributed by atoms with van der Waals surface area (Å²) in [6.45, 7) is -0.433. The van der Waals surface area contributed by atoms with Crippen LogP contribution in [-0.4, -0.2) is 53.9 Å². The van der Waals surface area contributed by atoms with E-state index in [2.05, 4.69) is 0 Å². The molecule has 0 aliphatic heterocycles. The zero-order chi connectivity index (χ0) is 20.9. The minimum absolute atomic E-state index is 0.342. The molecule has 2 aromatic carbocycles. The van der Waals surface area contributed by atoms with Crippen molar-refractivity contribution >= 4 is 23.5 Å². The van der Waals surface area contributed by atoms with Crippen LogP contribution in [-0.2, 0) is 14.2 Å². The number of hydrogen-bond donors (Lipinski definition) is 1. The van der Waals surface area contributed by atoms with Gasteiger partial charge in [-0.1, -0.05) is 42.5 Å². The van der Waals surface area contributed by atoms with E-state index in [4.69, 9.17) is 25.8 Å². The number of carbonyl (C=O) groups is 2. The van der Waals surface area contributed by atoms with Gasteiger partial charge in [0.2, 0.25) is 0 Å². The third-order valence-electron chi connectivity index (χ3n) is 4.69. The van der Waals surface area contributed by atoms with Gasteiger partial charge in [0.15, 0.2) is 0 Å². The van der Waals surface area contributed by atoms with E-state index < -0.39 is 41.7 Å². The molecule has 152 valence electrons. The highest BCUT2D eigenvalue weighted by molar-refractivity contribution is 6.22. The lowest BCUT2D eigenvalue weighted by atomic mass is 9.84. The van der Waals surface area contributed by atoms with Crippen LogP contribution < -0.4 is 0 Å². The number of benzene rings is 2. The van der Waals surface area contributed by atoms with Crippen molar-refractivity contribution in [3.63, 3.8) is 0 Å². The summed E-state index contributed by atoms with van der Waals surface area (Å²) in [5, 5.41) is 10.3. The molecule has 0 spiro atoms. The fourth-order valence-electron chi connectivity index (χ4n) is 3.12. The van der Waals surface area contributed by atoms with Crippen molar-refractivity contribution in [2.24, 2.45) is 0 Å². The Labute approximate surface area is 173 Å². The van der Waals surface area contributed by atoms with E-state index in [0.29, 0.717) is 11.1 Å². The van der Waals surface area contributed by atoms with Gasteiger partial charge in [0.1, 0.15) is 24.4 Å². The minimum atomic E-state index is -1.79. The van der Waals surface area contributed by atoms with Crippen LogP contribution in [0.15, 0.2) is 72.8 Å². The Morgan fingerprint density at radius 3 is 2.07 bits per heavy atom. The molecule has 0 fully saturated rings. The molecular formula is C22H21ClO6. The van der Waals surface area contributed by atoms with E-state index >= 15 is 0 Å². The van der Waals surface area contributed by atoms with Crippen molar-refractivity contribution in [1.29, 1.82) is 0 Å². The SMILES string of the molecule is CO[C@H]1[C@H](OC(=O)c2ccccc2)C=C[C@H](Cl)[C@]1(O)COC(=O)c1ccccc1. The van der Waals surface area contributed by atoms with Gasteiger partial charge in [0.25, 0.3) is 0 Å². The number of methoxy groups -OCH3 is 1. The van der Waals surface area contributed by atoms with Gasteiger partial charge in [0, 0.05) is 7.11 Å². The Morgan fingerprint density at radius 1 is 0.966 bits per heavy atom. The van der Waals surface area contributed by atoms with Crippen LogP contribution in [0.5, 0.6) is 0 Å². The summed E-state index contributed by atoms with van der Waals surface area (Å²) in [6.07, 6.45) is 1.10. The molecule has 29 heavy (non-hydrogen) atoms. The minimum Gasteiger partial charge on any atom is -0.459 e. The molecule has 2 aromatic rings. The molecule has 0 aromatic heterocycles. The maximum absolute atomic E-state index is 12.4. The molecule has 0 bridgehead atoms. The number of ether oxygens (including phenoxy) is 3. The summed E-state index contributed by atoms with van der Waals surface area (Å²) in [4.78, 5) is 24.7. The third kappa shape index (κ3) is 4.67. The fourth-order valence-corrected chi connectivity index (χ4v) is 3.39. The molecule has 4 atom stereocenters. The van der Waals surface area contributed by atoms with Crippen molar-refractivity contribution in [1.82, 2.24) is 0 Å². The zero-order valence-corrected chi connectivity index (χ0v) is 16.5. The number of halogens is 1. The van der Waals surface area contributed by atoms with Gasteiger partial charge in [-0.3, -0.25) is 0 Å². The van der Waals surface area contributed by atoms with E-state index in [0.717, 1.165) is 0 Å². The second-order valence-electron chi connectivity index (χ2n) is 6.61. The Bertz CT molecular complexity index is 869. The van der Waals surface area contributed by atoms with Crippen molar-refractivity contribution in [2.75, 3.05) is 13.7 Å². The Hall–Kier alpha value is -2.67. The number of hydrogen-bond acceptors (Lipinski definition) is 6. The first-order valence-corrected chi connectivity index (χ1v) is 9.45. The highest BCUT2D eigenvalue weighted by Crippen LogP contribution is 2.33. The van der Waals surface area contributed by atoms with Gasteiger partial charge in [-0.05, 0) is 30.3 Å². The van der Waals surface area contributed by atoms with Gasteiger partial charge in [-0.15, -0.1) is 11.6 Å². The molecular weight excluding hydrogens is 396 g/mol. The molecule has 0 amide bonds. The Morgan fingerprint density at radius 2 is 1.52 bits per heavy atom. The second-order valence-corrected chi connectivity index (χ2v) is 7.08. The first-order valence-electron chi connectivity index (χ1n) is 9.01. The first kappa shape index (κ1) is 21.0. The molecule has 0 heterocycles. The van der Waals surface area contributed by atoms with E-state index in [-0.39, 0.29) is 0 Å². The van der Waals surface area contributed by atoms with Crippen LogP contribution >= 0.6 is 11.6 Å². The van der Waals surface area contributed by atoms with Crippen LogP contribution in [0.25, 0.3) is 0 Å². The van der Waals surface area contributed by atoms with Crippen molar-refractivity contribution in [3.05, 3.63) is 83.9 Å². The number of aliphatic hydroxyl groups is 1. The van der Waals surface area contributed by atoms with Gasteiger partial charge in [-0.25, -0.2) is 9.59 Å². The largest absolute Gasteiger partial charge is 0.459 e. The average molecular weight is 417 g/mol. The predicted octanol–water partition coefficient (Wildman–Crippen LogP) is 2.99. The lowest BCUT2D eigenvalue weighted by Gasteiger charge is -2.42. The lowest BCUT2D eigenvalue weighted by Crippen LogP contribution is -2.61. The summed E-state index contributed by atoms with van der Waals surface area (Å²) in [5.41, 5.74) is -1.09. The molecule has 0 saturated carbocycles. The smallest absolute Gasteiger partial charge is 0.338 e. The second kappa shape index (κ2) is 9.22. The maximum Gasteiger partial charge on any atom is 0.338 e. The lowest BCUT2D eigenvalue weighted by molar-refractivity contribution is -0.153. The molecule has 1 aliphatic carbocycles. The molecule has 0 unspecified atom stereocenters. The van der Waals surface area contributed by atoms with E-state index in [1.165, 1.54) is 13.2 Å². The normalized spacial score (nSPS) is 26.0. The van der Waals surface area contributed by atoms with Crippen LogP contribution in [0.4, 0.5) is 0 Å². The highest BCUT2D eigenvalue weighted by Gasteiger charge is 2.51. The molecule has 1 aliphatic rings. The maximum atomic E-state index is 12.4. The quantitative estimate of drug-likeness (QED) is 0.443. The standard InChI is InChI=1S/C22H21ClO6/c1-27-19-17(29-21(25)16-10-6-3-7-11-16)12-13-18(23)22(19,26)14-28-20(24)15-8-4-2-5-9-15/h2-13,17-19,26H,14H2,1H3/t17-,18+,19+,22-/m1/s1. The number of alkyl halides is 1. The number of esters is 2. The summed E-state index contributed by atoms with van der Waals surface area (Å²) in [5.74, 6) is -1.18. The van der Waals surface area contributed by atoms with Crippen molar-refractivity contribution < 1.29 is 28.9 Å². The van der Waals surface area contributed by atoms with E-state index in [1.807, 2.05) is 0 Å². The van der Waals surface area contributed by atoms with Gasteiger partial charge in [-0.2, -0.15) is 0 Å². The summed E-state index contributed by atoms with van der Waals surface area (Å²) < 4.78 is 16.2. The number of rotatable bonds is 6. The van der Waals surface area contributed by atoms with E-state index in [1.54, 1.807) is 66.7 Å². The first-order chi connectivity index (χ1) is 14.0.